The zero-order valence-electron chi connectivity index (χ0n) is 16.3. The van der Waals surface area contributed by atoms with Crippen LogP contribution in [0.15, 0.2) is 10.6 Å². The predicted octanol–water partition coefficient (Wildman–Crippen LogP) is -0.0640. The van der Waals surface area contributed by atoms with E-state index in [4.69, 9.17) is 4.74 Å². The van der Waals surface area contributed by atoms with E-state index < -0.39 is 18.0 Å². The van der Waals surface area contributed by atoms with Crippen molar-refractivity contribution in [2.75, 3.05) is 39.3 Å². The molecule has 0 saturated carbocycles. The summed E-state index contributed by atoms with van der Waals surface area (Å²) in [6, 6.07) is -0.236. The fourth-order valence-corrected chi connectivity index (χ4v) is 6.46. The van der Waals surface area contributed by atoms with Crippen LogP contribution in [0.1, 0.15) is 20.3 Å². The van der Waals surface area contributed by atoms with E-state index in [1.807, 2.05) is 6.92 Å². The number of aliphatic hydroxyl groups excluding tert-OH is 1. The van der Waals surface area contributed by atoms with Crippen LogP contribution in [0, 0.1) is 11.8 Å². The summed E-state index contributed by atoms with van der Waals surface area (Å²) in [4.78, 5) is 28.9. The Kier molecular flexibility index (Phi) is 5.72. The van der Waals surface area contributed by atoms with Gasteiger partial charge in [-0.15, -0.1) is 11.8 Å². The van der Waals surface area contributed by atoms with Gasteiger partial charge in [0.1, 0.15) is 5.70 Å². The second-order valence-electron chi connectivity index (χ2n) is 8.26. The predicted molar refractivity (Wildman–Crippen MR) is 105 cm³/mol. The second kappa shape index (κ2) is 7.95. The fourth-order valence-electron chi connectivity index (χ4n) is 4.94. The van der Waals surface area contributed by atoms with Gasteiger partial charge in [0.15, 0.2) is 0 Å². The minimum Gasteiger partial charge on any atom is -0.477 e. The van der Waals surface area contributed by atoms with E-state index in [1.54, 1.807) is 18.7 Å². The Morgan fingerprint density at radius 1 is 1.46 bits per heavy atom. The summed E-state index contributed by atoms with van der Waals surface area (Å²) in [6.07, 6.45) is 0.441. The van der Waals surface area contributed by atoms with E-state index in [2.05, 4.69) is 10.2 Å². The van der Waals surface area contributed by atoms with Crippen molar-refractivity contribution < 1.29 is 24.5 Å². The number of thioether (sulfide) groups is 1. The molecule has 0 unspecified atom stereocenters. The van der Waals surface area contributed by atoms with Crippen LogP contribution < -0.4 is 5.32 Å². The van der Waals surface area contributed by atoms with Gasteiger partial charge < -0.3 is 25.2 Å². The molecule has 0 aromatic rings. The van der Waals surface area contributed by atoms with Crippen molar-refractivity contribution in [1.29, 1.82) is 0 Å². The van der Waals surface area contributed by atoms with Gasteiger partial charge in [0.05, 0.1) is 30.8 Å². The molecule has 28 heavy (non-hydrogen) atoms. The summed E-state index contributed by atoms with van der Waals surface area (Å²) in [6.45, 7) is 8.87. The number of carbonyl (C=O) groups is 2. The first kappa shape index (κ1) is 20.2. The number of carbonyl (C=O) groups excluding carboxylic acids is 1. The standard InChI is InChI=1S/C19H29N3O5S/c1-10-15-14(11(2)23)18(24)22(15)16(19(25)26)17(10)28-13-3-5-21(9-13)8-12-7-20-4-6-27-12/h10-15,20,23H,3-9H2,1-2H3,(H,25,26)/t10-,11-,12+,13-,14-,15-/m1/s1. The number of aliphatic hydroxyl groups is 1. The van der Waals surface area contributed by atoms with Gasteiger partial charge in [-0.1, -0.05) is 6.92 Å². The highest BCUT2D eigenvalue weighted by molar-refractivity contribution is 8.03. The lowest BCUT2D eigenvalue weighted by atomic mass is 9.79. The molecule has 0 aromatic carbocycles. The Morgan fingerprint density at radius 2 is 2.25 bits per heavy atom. The molecule has 0 spiro atoms. The lowest BCUT2D eigenvalue weighted by Crippen LogP contribution is -2.63. The van der Waals surface area contributed by atoms with Gasteiger partial charge in [-0.2, -0.15) is 0 Å². The SMILES string of the molecule is C[C@@H](O)[C@H]1C(=O)N2C(C(=O)O)=C(S[C@@H]3CCN(C[C@@H]4CNCCO4)C3)[C@H](C)[C@H]12. The smallest absolute Gasteiger partial charge is 0.353 e. The molecular weight excluding hydrogens is 382 g/mol. The number of morpholine rings is 1. The number of fused-ring (bicyclic) bond motifs is 1. The van der Waals surface area contributed by atoms with Crippen molar-refractivity contribution in [2.24, 2.45) is 11.8 Å². The van der Waals surface area contributed by atoms with Crippen LogP contribution in [0.3, 0.4) is 0 Å². The average molecular weight is 412 g/mol. The fraction of sp³-hybridized carbons (Fsp3) is 0.789. The summed E-state index contributed by atoms with van der Waals surface area (Å²) >= 11 is 1.61. The lowest BCUT2D eigenvalue weighted by molar-refractivity contribution is -0.163. The Labute approximate surface area is 169 Å². The number of nitrogens with zero attached hydrogens (tertiary/aromatic N) is 2. The number of hydrogen-bond acceptors (Lipinski definition) is 7. The van der Waals surface area contributed by atoms with Crippen molar-refractivity contribution in [1.82, 2.24) is 15.1 Å². The molecule has 0 radical (unpaired) electrons. The molecule has 6 atom stereocenters. The van der Waals surface area contributed by atoms with E-state index in [1.165, 1.54) is 4.90 Å². The Balaban J connectivity index is 1.42. The van der Waals surface area contributed by atoms with Crippen molar-refractivity contribution in [3.63, 3.8) is 0 Å². The number of carboxylic acids is 1. The Morgan fingerprint density at radius 3 is 2.89 bits per heavy atom. The van der Waals surface area contributed by atoms with Crippen molar-refractivity contribution in [2.45, 2.75) is 43.8 Å². The maximum Gasteiger partial charge on any atom is 0.353 e. The molecule has 156 valence electrons. The first-order valence-corrected chi connectivity index (χ1v) is 11.0. The van der Waals surface area contributed by atoms with Crippen molar-refractivity contribution in [3.8, 4) is 0 Å². The maximum absolute atomic E-state index is 12.4. The van der Waals surface area contributed by atoms with E-state index in [9.17, 15) is 19.8 Å². The number of aliphatic carboxylic acids is 1. The molecule has 3 N–H and O–H groups in total. The molecule has 4 aliphatic heterocycles. The molecule has 4 rings (SSSR count). The van der Waals surface area contributed by atoms with Gasteiger partial charge in [-0.3, -0.25) is 9.69 Å². The highest BCUT2D eigenvalue weighted by Crippen LogP contribution is 2.51. The topological polar surface area (TPSA) is 102 Å². The number of carboxylic acid groups (broad SMARTS) is 1. The van der Waals surface area contributed by atoms with Gasteiger partial charge in [0.2, 0.25) is 5.91 Å². The lowest BCUT2D eigenvalue weighted by Gasteiger charge is -2.46. The van der Waals surface area contributed by atoms with E-state index in [0.717, 1.165) is 50.7 Å². The van der Waals surface area contributed by atoms with Gasteiger partial charge >= 0.3 is 5.97 Å². The number of ether oxygens (including phenoxy) is 1. The van der Waals surface area contributed by atoms with E-state index in [0.29, 0.717) is 5.25 Å². The van der Waals surface area contributed by atoms with Gasteiger partial charge in [-0.05, 0) is 19.9 Å². The zero-order valence-corrected chi connectivity index (χ0v) is 17.2. The number of likely N-dealkylation sites (tertiary alicyclic amines) is 1. The minimum atomic E-state index is -1.05. The maximum atomic E-state index is 12.4. The molecule has 9 heteroatoms. The number of hydrogen-bond donors (Lipinski definition) is 3. The number of nitrogens with one attached hydrogen (secondary N) is 1. The molecular formula is C19H29N3O5S. The van der Waals surface area contributed by atoms with Crippen molar-refractivity contribution >= 4 is 23.6 Å². The van der Waals surface area contributed by atoms with Crippen LogP contribution in [0.5, 0.6) is 0 Å². The largest absolute Gasteiger partial charge is 0.477 e. The molecule has 0 aromatic heterocycles. The first-order valence-electron chi connectivity index (χ1n) is 10.1. The van der Waals surface area contributed by atoms with Gasteiger partial charge in [0, 0.05) is 42.3 Å². The summed E-state index contributed by atoms with van der Waals surface area (Å²) in [5, 5.41) is 23.4. The minimum absolute atomic E-state index is 0.0617. The summed E-state index contributed by atoms with van der Waals surface area (Å²) in [5.41, 5.74) is 0.127. The van der Waals surface area contributed by atoms with E-state index >= 15 is 0 Å². The summed E-state index contributed by atoms with van der Waals surface area (Å²) < 4.78 is 5.79. The molecule has 0 bridgehead atoms. The van der Waals surface area contributed by atoms with Gasteiger partial charge in [-0.25, -0.2) is 4.79 Å². The second-order valence-corrected chi connectivity index (χ2v) is 9.60. The Hall–Kier alpha value is -1.13. The average Bonchev–Trinajstić information content (AvgIpc) is 3.17. The molecule has 4 heterocycles. The van der Waals surface area contributed by atoms with E-state index in [-0.39, 0.29) is 29.7 Å². The number of amides is 1. The molecule has 4 aliphatic rings. The monoisotopic (exact) mass is 411 g/mol. The third kappa shape index (κ3) is 3.47. The van der Waals surface area contributed by atoms with Crippen molar-refractivity contribution in [3.05, 3.63) is 10.6 Å². The summed E-state index contributed by atoms with van der Waals surface area (Å²) in [7, 11) is 0. The molecule has 3 fully saturated rings. The van der Waals surface area contributed by atoms with Crippen LogP contribution >= 0.6 is 11.8 Å². The third-order valence-corrected chi connectivity index (χ3v) is 7.84. The Bertz CT molecular complexity index is 678. The van der Waals surface area contributed by atoms with Crippen LogP contribution in [-0.4, -0.2) is 94.7 Å². The van der Waals surface area contributed by atoms with Crippen LogP contribution in [0.2, 0.25) is 0 Å². The quantitative estimate of drug-likeness (QED) is 0.523. The third-order valence-electron chi connectivity index (χ3n) is 6.30. The highest BCUT2D eigenvalue weighted by atomic mass is 32.2. The number of rotatable bonds is 6. The molecule has 8 nitrogen and oxygen atoms in total. The van der Waals surface area contributed by atoms with Crippen LogP contribution in [0.25, 0.3) is 0 Å². The first-order chi connectivity index (χ1) is 13.4. The zero-order chi connectivity index (χ0) is 20.0. The highest BCUT2D eigenvalue weighted by Gasteiger charge is 2.60. The molecule has 3 saturated heterocycles. The number of β-lactam (4-membered cyclic amide) rings is 1. The molecule has 1 amide bonds. The molecule has 0 aliphatic carbocycles. The van der Waals surface area contributed by atoms with Gasteiger partial charge in [0.25, 0.3) is 0 Å². The van der Waals surface area contributed by atoms with Crippen LogP contribution in [-0.2, 0) is 14.3 Å². The normalized spacial score (nSPS) is 37.2. The van der Waals surface area contributed by atoms with Crippen LogP contribution in [0.4, 0.5) is 0 Å². The summed E-state index contributed by atoms with van der Waals surface area (Å²) in [5.74, 6) is -1.88.